The summed E-state index contributed by atoms with van der Waals surface area (Å²) in [4.78, 5) is 0. The SMILES string of the molecule is N#C[C@@H]1[C@@H]2C=C[C@@H](C2)C12CC2. The van der Waals surface area contributed by atoms with Crippen molar-refractivity contribution in [2.75, 3.05) is 0 Å². The van der Waals surface area contributed by atoms with E-state index in [2.05, 4.69) is 18.2 Å². The van der Waals surface area contributed by atoms with Gasteiger partial charge in [-0.3, -0.25) is 0 Å². The zero-order chi connectivity index (χ0) is 7.47. The first-order valence-corrected chi connectivity index (χ1v) is 4.45. The fraction of sp³-hybridized carbons (Fsp3) is 0.700. The zero-order valence-electron chi connectivity index (χ0n) is 6.46. The molecule has 0 heterocycles. The van der Waals surface area contributed by atoms with E-state index in [1.165, 1.54) is 19.3 Å². The molecule has 0 radical (unpaired) electrons. The number of rotatable bonds is 0. The maximum Gasteiger partial charge on any atom is 0.0668 e. The van der Waals surface area contributed by atoms with Crippen LogP contribution >= 0.6 is 0 Å². The summed E-state index contributed by atoms with van der Waals surface area (Å²) in [5.41, 5.74) is 0.480. The summed E-state index contributed by atoms with van der Waals surface area (Å²) in [7, 11) is 0. The number of hydrogen-bond donors (Lipinski definition) is 0. The van der Waals surface area contributed by atoms with Crippen LogP contribution in [0.4, 0.5) is 0 Å². The lowest BCUT2D eigenvalue weighted by atomic mass is 9.81. The second kappa shape index (κ2) is 1.53. The largest absolute Gasteiger partial charge is 0.198 e. The average Bonchev–Trinajstić information content (AvgIpc) is 2.58. The Morgan fingerprint density at radius 3 is 2.73 bits per heavy atom. The van der Waals surface area contributed by atoms with E-state index in [1.54, 1.807) is 0 Å². The van der Waals surface area contributed by atoms with Gasteiger partial charge in [-0.2, -0.15) is 5.26 Å². The Labute approximate surface area is 66.7 Å². The first-order chi connectivity index (χ1) is 5.37. The van der Waals surface area contributed by atoms with Crippen LogP contribution in [0.25, 0.3) is 0 Å². The molecule has 2 saturated carbocycles. The van der Waals surface area contributed by atoms with E-state index in [0.717, 1.165) is 5.92 Å². The lowest BCUT2D eigenvalue weighted by Crippen LogP contribution is -2.18. The maximum absolute atomic E-state index is 8.98. The van der Waals surface area contributed by atoms with Crippen molar-refractivity contribution in [3.8, 4) is 6.07 Å². The topological polar surface area (TPSA) is 23.8 Å². The monoisotopic (exact) mass is 145 g/mol. The highest BCUT2D eigenvalue weighted by Gasteiger charge is 2.62. The molecular weight excluding hydrogens is 134 g/mol. The van der Waals surface area contributed by atoms with E-state index in [0.29, 0.717) is 17.3 Å². The number of allylic oxidation sites excluding steroid dienone is 2. The molecule has 0 unspecified atom stereocenters. The van der Waals surface area contributed by atoms with Crippen LogP contribution in [0.2, 0.25) is 0 Å². The van der Waals surface area contributed by atoms with Gasteiger partial charge in [0.25, 0.3) is 0 Å². The van der Waals surface area contributed by atoms with Crippen molar-refractivity contribution in [1.82, 2.24) is 0 Å². The van der Waals surface area contributed by atoms with E-state index in [4.69, 9.17) is 5.26 Å². The van der Waals surface area contributed by atoms with Crippen LogP contribution in [-0.4, -0.2) is 0 Å². The predicted octanol–water partition coefficient (Wildman–Crippen LogP) is 2.11. The molecule has 3 aliphatic carbocycles. The minimum atomic E-state index is 0.373. The van der Waals surface area contributed by atoms with Gasteiger partial charge in [-0.05, 0) is 36.5 Å². The zero-order valence-corrected chi connectivity index (χ0v) is 6.46. The van der Waals surface area contributed by atoms with Crippen LogP contribution in [0.1, 0.15) is 19.3 Å². The molecule has 1 heteroatoms. The van der Waals surface area contributed by atoms with Gasteiger partial charge in [-0.1, -0.05) is 12.2 Å². The van der Waals surface area contributed by atoms with Gasteiger partial charge >= 0.3 is 0 Å². The van der Waals surface area contributed by atoms with Crippen LogP contribution in [0.15, 0.2) is 12.2 Å². The molecule has 3 aliphatic rings. The van der Waals surface area contributed by atoms with Crippen molar-refractivity contribution in [1.29, 1.82) is 5.26 Å². The molecule has 0 saturated heterocycles. The van der Waals surface area contributed by atoms with Crippen molar-refractivity contribution >= 4 is 0 Å². The summed E-state index contributed by atoms with van der Waals surface area (Å²) in [6.07, 6.45) is 8.53. The van der Waals surface area contributed by atoms with Gasteiger partial charge in [0.1, 0.15) is 0 Å². The smallest absolute Gasteiger partial charge is 0.0668 e. The van der Waals surface area contributed by atoms with Crippen molar-refractivity contribution in [3.63, 3.8) is 0 Å². The summed E-state index contributed by atoms with van der Waals surface area (Å²) in [6, 6.07) is 2.50. The van der Waals surface area contributed by atoms with Crippen LogP contribution < -0.4 is 0 Å². The maximum atomic E-state index is 8.98. The fourth-order valence-corrected chi connectivity index (χ4v) is 3.11. The normalized spacial score (nSPS) is 48.1. The molecule has 1 spiro atoms. The van der Waals surface area contributed by atoms with E-state index in [-0.39, 0.29) is 0 Å². The van der Waals surface area contributed by atoms with Crippen LogP contribution in [0, 0.1) is 34.5 Å². The van der Waals surface area contributed by atoms with Gasteiger partial charge in [-0.25, -0.2) is 0 Å². The van der Waals surface area contributed by atoms with E-state index in [9.17, 15) is 0 Å². The van der Waals surface area contributed by atoms with Crippen molar-refractivity contribution in [2.45, 2.75) is 19.3 Å². The molecule has 2 bridgehead atoms. The Kier molecular flexibility index (Phi) is 0.809. The van der Waals surface area contributed by atoms with Gasteiger partial charge in [0.15, 0.2) is 0 Å². The van der Waals surface area contributed by atoms with Crippen molar-refractivity contribution < 1.29 is 0 Å². The molecule has 1 nitrogen and oxygen atoms in total. The highest BCUT2D eigenvalue weighted by atomic mass is 14.7. The molecule has 11 heavy (non-hydrogen) atoms. The number of hydrogen-bond acceptors (Lipinski definition) is 1. The standard InChI is InChI=1S/C10H11N/c11-6-9-7-1-2-8(5-7)10(9)3-4-10/h1-2,7-9H,3-5H2/t7-,8+,9-/m1/s1. The summed E-state index contributed by atoms with van der Waals surface area (Å²) < 4.78 is 0. The molecular formula is C10H11N. The van der Waals surface area contributed by atoms with Crippen LogP contribution in [0.3, 0.4) is 0 Å². The summed E-state index contributed by atoms with van der Waals surface area (Å²) in [6.45, 7) is 0. The molecule has 3 rings (SSSR count). The molecule has 0 aliphatic heterocycles. The molecule has 56 valence electrons. The number of nitrogens with zero attached hydrogens (tertiary/aromatic N) is 1. The van der Waals surface area contributed by atoms with E-state index >= 15 is 0 Å². The van der Waals surface area contributed by atoms with Gasteiger partial charge < -0.3 is 0 Å². The first kappa shape index (κ1) is 5.83. The van der Waals surface area contributed by atoms with Crippen molar-refractivity contribution in [2.24, 2.45) is 23.2 Å². The molecule has 0 aromatic heterocycles. The van der Waals surface area contributed by atoms with Gasteiger partial charge in [0.05, 0.1) is 12.0 Å². The quantitative estimate of drug-likeness (QED) is 0.479. The second-order valence-electron chi connectivity index (χ2n) is 4.23. The van der Waals surface area contributed by atoms with E-state index < -0.39 is 0 Å². The van der Waals surface area contributed by atoms with Gasteiger partial charge in [-0.15, -0.1) is 0 Å². The summed E-state index contributed by atoms with van der Waals surface area (Å²) in [5, 5.41) is 8.98. The Hall–Kier alpha value is -0.770. The van der Waals surface area contributed by atoms with Gasteiger partial charge in [0.2, 0.25) is 0 Å². The third-order valence-electron chi connectivity index (χ3n) is 3.87. The van der Waals surface area contributed by atoms with Crippen LogP contribution in [-0.2, 0) is 0 Å². The Morgan fingerprint density at radius 2 is 2.18 bits per heavy atom. The fourth-order valence-electron chi connectivity index (χ4n) is 3.11. The minimum Gasteiger partial charge on any atom is -0.198 e. The van der Waals surface area contributed by atoms with Gasteiger partial charge in [0, 0.05) is 0 Å². The molecule has 0 aromatic carbocycles. The molecule has 0 N–H and O–H groups in total. The minimum absolute atomic E-state index is 0.373. The third-order valence-corrected chi connectivity index (χ3v) is 3.87. The Morgan fingerprint density at radius 1 is 1.36 bits per heavy atom. The second-order valence-corrected chi connectivity index (χ2v) is 4.23. The Bertz CT molecular complexity index is 267. The third kappa shape index (κ3) is 0.495. The number of fused-ring (bicyclic) bond motifs is 3. The predicted molar refractivity (Wildman–Crippen MR) is 41.5 cm³/mol. The molecule has 2 fully saturated rings. The van der Waals surface area contributed by atoms with Crippen molar-refractivity contribution in [3.05, 3.63) is 12.2 Å². The lowest BCUT2D eigenvalue weighted by molar-refractivity contribution is 0.351. The number of nitriles is 1. The van der Waals surface area contributed by atoms with E-state index in [1.807, 2.05) is 0 Å². The summed E-state index contributed by atoms with van der Waals surface area (Å²) in [5.74, 6) is 1.77. The molecule has 0 amide bonds. The highest BCUT2D eigenvalue weighted by Crippen LogP contribution is 2.68. The molecule has 3 atom stereocenters. The van der Waals surface area contributed by atoms with Crippen LogP contribution in [0.5, 0.6) is 0 Å². The Balaban J connectivity index is 2.07. The molecule has 0 aromatic rings. The lowest BCUT2D eigenvalue weighted by Gasteiger charge is -2.21. The summed E-state index contributed by atoms with van der Waals surface area (Å²) >= 11 is 0. The average molecular weight is 145 g/mol. The first-order valence-electron chi connectivity index (χ1n) is 4.45. The highest BCUT2D eigenvalue weighted by molar-refractivity contribution is 5.27.